The molecule has 1 atom stereocenters. The van der Waals surface area contributed by atoms with E-state index in [1.165, 1.54) is 0 Å². The van der Waals surface area contributed by atoms with Crippen molar-refractivity contribution in [1.82, 2.24) is 14.8 Å². The Labute approximate surface area is 154 Å². The van der Waals surface area contributed by atoms with Crippen LogP contribution in [0.1, 0.15) is 19.3 Å². The van der Waals surface area contributed by atoms with Crippen molar-refractivity contribution in [3.63, 3.8) is 0 Å². The molecule has 2 saturated heterocycles. The molecule has 0 radical (unpaired) electrons. The van der Waals surface area contributed by atoms with Gasteiger partial charge in [-0.1, -0.05) is 18.2 Å². The molecule has 26 heavy (non-hydrogen) atoms. The minimum atomic E-state index is -2.84. The quantitative estimate of drug-likeness (QED) is 0.877. The Hall–Kier alpha value is -1.86. The molecule has 1 unspecified atom stereocenters. The fourth-order valence-corrected chi connectivity index (χ4v) is 5.94. The van der Waals surface area contributed by atoms with Crippen molar-refractivity contribution >= 4 is 26.6 Å². The first-order valence-electron chi connectivity index (χ1n) is 9.28. The van der Waals surface area contributed by atoms with Gasteiger partial charge >= 0.3 is 0 Å². The topological polar surface area (TPSA) is 71.4 Å². The van der Waals surface area contributed by atoms with Crippen molar-refractivity contribution in [3.8, 4) is 0 Å². The van der Waals surface area contributed by atoms with Crippen LogP contribution in [0.25, 0.3) is 10.9 Å². The van der Waals surface area contributed by atoms with Gasteiger partial charge in [0.2, 0.25) is 5.91 Å². The van der Waals surface area contributed by atoms with E-state index in [-0.39, 0.29) is 18.0 Å². The van der Waals surface area contributed by atoms with Crippen LogP contribution in [-0.2, 0) is 21.2 Å². The van der Waals surface area contributed by atoms with Crippen LogP contribution in [-0.4, -0.2) is 60.5 Å². The molecule has 140 valence electrons. The molecule has 2 aromatic rings. The number of aromatic nitrogens is 1. The summed E-state index contributed by atoms with van der Waals surface area (Å²) in [6, 6.07) is 10.4. The van der Waals surface area contributed by atoms with Gasteiger partial charge in [-0.25, -0.2) is 8.42 Å². The number of amides is 1. The maximum absolute atomic E-state index is 12.4. The average Bonchev–Trinajstić information content (AvgIpc) is 3.19. The third kappa shape index (κ3) is 3.78. The molecule has 1 N–H and O–H groups in total. The second-order valence-corrected chi connectivity index (χ2v) is 9.67. The van der Waals surface area contributed by atoms with Crippen LogP contribution >= 0.6 is 0 Å². The molecule has 7 heteroatoms. The summed E-state index contributed by atoms with van der Waals surface area (Å²) in [5.74, 6) is 0.650. The van der Waals surface area contributed by atoms with Gasteiger partial charge in [-0.05, 0) is 36.8 Å². The Bertz CT molecular complexity index is 898. The molecule has 4 rings (SSSR count). The van der Waals surface area contributed by atoms with Crippen molar-refractivity contribution < 1.29 is 13.2 Å². The molecule has 0 aliphatic carbocycles. The monoisotopic (exact) mass is 375 g/mol. The van der Waals surface area contributed by atoms with Gasteiger partial charge in [0.25, 0.3) is 0 Å². The molecule has 3 heterocycles. The number of hydrogen-bond acceptors (Lipinski definition) is 4. The van der Waals surface area contributed by atoms with Crippen molar-refractivity contribution in [3.05, 3.63) is 36.5 Å². The van der Waals surface area contributed by atoms with Gasteiger partial charge in [-0.2, -0.15) is 0 Å². The maximum Gasteiger partial charge on any atom is 0.240 e. The number of nitrogens with one attached hydrogen (secondary N) is 1. The first kappa shape index (κ1) is 17.5. The van der Waals surface area contributed by atoms with E-state index < -0.39 is 9.84 Å². The fraction of sp³-hybridized carbons (Fsp3) is 0.526. The highest BCUT2D eigenvalue weighted by molar-refractivity contribution is 7.91. The van der Waals surface area contributed by atoms with Crippen LogP contribution in [0.5, 0.6) is 0 Å². The number of carbonyl (C=O) groups excluding carboxylic acids is 1. The lowest BCUT2D eigenvalue weighted by Crippen LogP contribution is -2.48. The third-order valence-electron chi connectivity index (χ3n) is 5.61. The number of rotatable bonds is 4. The van der Waals surface area contributed by atoms with E-state index in [2.05, 4.69) is 10.2 Å². The zero-order valence-corrected chi connectivity index (χ0v) is 15.6. The first-order valence-corrected chi connectivity index (χ1v) is 11.1. The normalized spacial score (nSPS) is 24.1. The summed E-state index contributed by atoms with van der Waals surface area (Å²) in [4.78, 5) is 14.7. The van der Waals surface area contributed by atoms with Gasteiger partial charge in [0.05, 0.1) is 11.5 Å². The number of fused-ring (bicyclic) bond motifs is 1. The zero-order chi connectivity index (χ0) is 18.1. The Morgan fingerprint density at radius 3 is 2.62 bits per heavy atom. The molecule has 1 aromatic carbocycles. The van der Waals surface area contributed by atoms with Gasteiger partial charge in [-0.3, -0.25) is 9.69 Å². The van der Waals surface area contributed by atoms with Crippen LogP contribution in [0.15, 0.2) is 36.5 Å². The van der Waals surface area contributed by atoms with Gasteiger partial charge in [0, 0.05) is 36.9 Å². The van der Waals surface area contributed by atoms with Crippen molar-refractivity contribution in [2.75, 3.05) is 24.6 Å². The highest BCUT2D eigenvalue weighted by Gasteiger charge is 2.34. The second kappa shape index (κ2) is 7.04. The summed E-state index contributed by atoms with van der Waals surface area (Å²) in [6.45, 7) is 2.05. The van der Waals surface area contributed by atoms with Crippen LogP contribution in [0.2, 0.25) is 0 Å². The van der Waals surface area contributed by atoms with Crippen LogP contribution < -0.4 is 5.32 Å². The summed E-state index contributed by atoms with van der Waals surface area (Å²) in [7, 11) is -2.84. The Balaban J connectivity index is 1.28. The van der Waals surface area contributed by atoms with Crippen molar-refractivity contribution in [1.29, 1.82) is 0 Å². The number of carbonyl (C=O) groups is 1. The van der Waals surface area contributed by atoms with E-state index in [9.17, 15) is 13.2 Å². The standard InChI is InChI=1S/C19H25N3O3S/c23-19(13-22-9-5-15-3-1-2-4-18(15)22)20-16-6-10-21(11-7-16)17-8-12-26(24,25)14-17/h1-5,9,16-17H,6-8,10-14H2,(H,20,23). The smallest absolute Gasteiger partial charge is 0.240 e. The Kier molecular flexibility index (Phi) is 4.75. The molecule has 2 fully saturated rings. The molecule has 0 saturated carbocycles. The molecule has 1 aromatic heterocycles. The van der Waals surface area contributed by atoms with Gasteiger partial charge in [0.1, 0.15) is 6.54 Å². The lowest BCUT2D eigenvalue weighted by molar-refractivity contribution is -0.122. The molecule has 0 spiro atoms. The van der Waals surface area contributed by atoms with Crippen LogP contribution in [0, 0.1) is 0 Å². The van der Waals surface area contributed by atoms with E-state index >= 15 is 0 Å². The summed E-state index contributed by atoms with van der Waals surface area (Å²) >= 11 is 0. The van der Waals surface area contributed by atoms with E-state index in [4.69, 9.17) is 0 Å². The molecule has 2 aliphatic rings. The number of para-hydroxylation sites is 1. The third-order valence-corrected chi connectivity index (χ3v) is 7.36. The van der Waals surface area contributed by atoms with E-state index in [1.54, 1.807) is 0 Å². The molecule has 1 amide bonds. The average molecular weight is 375 g/mol. The minimum Gasteiger partial charge on any atom is -0.352 e. The van der Waals surface area contributed by atoms with Crippen molar-refractivity contribution in [2.45, 2.75) is 37.9 Å². The lowest BCUT2D eigenvalue weighted by Gasteiger charge is -2.35. The summed E-state index contributed by atoms with van der Waals surface area (Å²) in [5, 5.41) is 4.28. The maximum atomic E-state index is 12.4. The number of benzene rings is 1. The summed E-state index contributed by atoms with van der Waals surface area (Å²) < 4.78 is 25.3. The van der Waals surface area contributed by atoms with Gasteiger partial charge in [0.15, 0.2) is 9.84 Å². The van der Waals surface area contributed by atoms with E-state index in [0.29, 0.717) is 18.1 Å². The van der Waals surface area contributed by atoms with Crippen molar-refractivity contribution in [2.24, 2.45) is 0 Å². The van der Waals surface area contributed by atoms with Crippen LogP contribution in [0.3, 0.4) is 0 Å². The number of sulfone groups is 1. The van der Waals surface area contributed by atoms with E-state index in [1.807, 2.05) is 41.1 Å². The molecule has 6 nitrogen and oxygen atoms in total. The molecule has 2 aliphatic heterocycles. The zero-order valence-electron chi connectivity index (χ0n) is 14.8. The van der Waals surface area contributed by atoms with Gasteiger partial charge in [-0.15, -0.1) is 0 Å². The number of hydrogen-bond donors (Lipinski definition) is 1. The molecular weight excluding hydrogens is 350 g/mol. The van der Waals surface area contributed by atoms with Crippen LogP contribution in [0.4, 0.5) is 0 Å². The second-order valence-electron chi connectivity index (χ2n) is 7.44. The SMILES string of the molecule is O=C(Cn1ccc2ccccc21)NC1CCN(C2CCS(=O)(=O)C2)CC1. The minimum absolute atomic E-state index is 0.0354. The number of likely N-dealkylation sites (tertiary alicyclic amines) is 1. The van der Waals surface area contributed by atoms with Gasteiger partial charge < -0.3 is 9.88 Å². The Morgan fingerprint density at radius 2 is 1.88 bits per heavy atom. The molecular formula is C19H25N3O3S. The largest absolute Gasteiger partial charge is 0.352 e. The summed E-state index contributed by atoms with van der Waals surface area (Å²) in [5.41, 5.74) is 1.07. The summed E-state index contributed by atoms with van der Waals surface area (Å²) in [6.07, 6.45) is 4.47. The number of piperidine rings is 1. The highest BCUT2D eigenvalue weighted by Crippen LogP contribution is 2.22. The van der Waals surface area contributed by atoms with E-state index in [0.717, 1.165) is 43.3 Å². The Morgan fingerprint density at radius 1 is 1.12 bits per heavy atom. The predicted octanol–water partition coefficient (Wildman–Crippen LogP) is 1.41. The lowest BCUT2D eigenvalue weighted by atomic mass is 10.0. The highest BCUT2D eigenvalue weighted by atomic mass is 32.2. The molecule has 0 bridgehead atoms. The number of nitrogens with zero attached hydrogens (tertiary/aromatic N) is 2. The first-order chi connectivity index (χ1) is 12.5. The fourth-order valence-electron chi connectivity index (χ4n) is 4.18. The predicted molar refractivity (Wildman–Crippen MR) is 102 cm³/mol.